The van der Waals surface area contributed by atoms with Gasteiger partial charge >= 0.3 is 0 Å². The van der Waals surface area contributed by atoms with Crippen molar-refractivity contribution in [2.75, 3.05) is 18.5 Å². The first kappa shape index (κ1) is 11.4. The van der Waals surface area contributed by atoms with Gasteiger partial charge in [0.25, 0.3) is 0 Å². The predicted octanol–water partition coefficient (Wildman–Crippen LogP) is 0.793. The third kappa shape index (κ3) is 3.19. The van der Waals surface area contributed by atoms with Crippen LogP contribution in [-0.4, -0.2) is 29.4 Å². The Hall–Kier alpha value is -1.65. The van der Waals surface area contributed by atoms with Crippen LogP contribution in [-0.2, 0) is 0 Å². The van der Waals surface area contributed by atoms with Gasteiger partial charge < -0.3 is 10.6 Å². The number of aryl methyl sites for hydroxylation is 1. The maximum Gasteiger partial charge on any atom is 0.225 e. The molecule has 82 valence electrons. The van der Waals surface area contributed by atoms with E-state index >= 15 is 0 Å². The first-order valence-corrected chi connectivity index (χ1v) is 4.85. The van der Waals surface area contributed by atoms with Gasteiger partial charge in [-0.3, -0.25) is 5.41 Å². The van der Waals surface area contributed by atoms with Crippen molar-refractivity contribution >= 4 is 11.8 Å². The van der Waals surface area contributed by atoms with Crippen LogP contribution in [0.4, 0.5) is 5.95 Å². The fourth-order valence-electron chi connectivity index (χ4n) is 1.21. The molecule has 0 aliphatic heterocycles. The van der Waals surface area contributed by atoms with E-state index in [0.717, 1.165) is 5.69 Å². The molecule has 0 fully saturated rings. The highest BCUT2D eigenvalue weighted by molar-refractivity contribution is 5.79. The van der Waals surface area contributed by atoms with Gasteiger partial charge in [0.1, 0.15) is 0 Å². The van der Waals surface area contributed by atoms with E-state index < -0.39 is 0 Å². The summed E-state index contributed by atoms with van der Waals surface area (Å²) < 4.78 is 0. The van der Waals surface area contributed by atoms with Gasteiger partial charge in [-0.05, 0) is 13.0 Å². The average Bonchev–Trinajstić information content (AvgIpc) is 2.17. The zero-order valence-electron chi connectivity index (χ0n) is 9.36. The molecule has 0 aromatic carbocycles. The van der Waals surface area contributed by atoms with E-state index in [2.05, 4.69) is 9.97 Å². The predicted molar refractivity (Wildman–Crippen MR) is 61.1 cm³/mol. The minimum Gasteiger partial charge on any atom is -0.387 e. The maximum atomic E-state index is 7.31. The minimum absolute atomic E-state index is 0.0131. The number of rotatable bonds is 4. The van der Waals surface area contributed by atoms with Crippen molar-refractivity contribution < 1.29 is 0 Å². The molecule has 0 spiro atoms. The largest absolute Gasteiger partial charge is 0.387 e. The van der Waals surface area contributed by atoms with Gasteiger partial charge in [-0.1, -0.05) is 6.92 Å². The first-order chi connectivity index (χ1) is 7.00. The van der Waals surface area contributed by atoms with Gasteiger partial charge in [0.15, 0.2) is 0 Å². The second-order valence-electron chi connectivity index (χ2n) is 3.73. The van der Waals surface area contributed by atoms with Crippen molar-refractivity contribution in [1.29, 1.82) is 5.41 Å². The molecule has 0 radical (unpaired) electrons. The van der Waals surface area contributed by atoms with E-state index in [4.69, 9.17) is 11.1 Å². The fraction of sp³-hybridized carbons (Fsp3) is 0.500. The van der Waals surface area contributed by atoms with Crippen LogP contribution in [0.2, 0.25) is 0 Å². The first-order valence-electron chi connectivity index (χ1n) is 4.85. The summed E-state index contributed by atoms with van der Waals surface area (Å²) >= 11 is 0. The number of nitrogens with two attached hydrogens (primary N) is 1. The van der Waals surface area contributed by atoms with Gasteiger partial charge in [-0.25, -0.2) is 9.97 Å². The van der Waals surface area contributed by atoms with E-state index in [1.54, 1.807) is 6.20 Å². The van der Waals surface area contributed by atoms with Crippen molar-refractivity contribution in [2.45, 2.75) is 13.8 Å². The van der Waals surface area contributed by atoms with Crippen LogP contribution < -0.4 is 10.6 Å². The molecule has 0 amide bonds. The van der Waals surface area contributed by atoms with Crippen LogP contribution in [0.25, 0.3) is 0 Å². The summed E-state index contributed by atoms with van der Waals surface area (Å²) in [6, 6.07) is 1.85. The molecule has 1 aromatic rings. The van der Waals surface area contributed by atoms with Crippen LogP contribution in [0.15, 0.2) is 12.3 Å². The van der Waals surface area contributed by atoms with Crippen molar-refractivity contribution in [1.82, 2.24) is 9.97 Å². The monoisotopic (exact) mass is 207 g/mol. The summed E-state index contributed by atoms with van der Waals surface area (Å²) in [5, 5.41) is 7.31. The van der Waals surface area contributed by atoms with E-state index in [-0.39, 0.29) is 11.8 Å². The number of amidine groups is 1. The molecule has 0 aliphatic carbocycles. The Bertz CT molecular complexity index is 349. The molecule has 1 heterocycles. The quantitative estimate of drug-likeness (QED) is 0.565. The van der Waals surface area contributed by atoms with Crippen LogP contribution in [0.3, 0.4) is 0 Å². The zero-order valence-corrected chi connectivity index (χ0v) is 9.36. The van der Waals surface area contributed by atoms with E-state index in [9.17, 15) is 0 Å². The van der Waals surface area contributed by atoms with Crippen molar-refractivity contribution in [3.63, 3.8) is 0 Å². The number of nitrogens with zero attached hydrogens (tertiary/aromatic N) is 3. The lowest BCUT2D eigenvalue weighted by Crippen LogP contribution is -2.32. The topological polar surface area (TPSA) is 78.9 Å². The smallest absolute Gasteiger partial charge is 0.225 e. The van der Waals surface area contributed by atoms with Crippen molar-refractivity contribution in [3.8, 4) is 0 Å². The number of aromatic nitrogens is 2. The third-order valence-corrected chi connectivity index (χ3v) is 2.20. The number of nitrogens with one attached hydrogen (secondary N) is 1. The molecule has 5 heteroatoms. The standard InChI is InChI=1S/C10H17N5/c1-7(9(11)12)6-15(3)10-13-5-4-8(2)14-10/h4-5,7H,6H2,1-3H3,(H3,11,12). The molecule has 5 nitrogen and oxygen atoms in total. The molecule has 3 N–H and O–H groups in total. The Kier molecular flexibility index (Phi) is 3.60. The van der Waals surface area contributed by atoms with Crippen molar-refractivity contribution in [2.24, 2.45) is 11.7 Å². The van der Waals surface area contributed by atoms with E-state index in [1.807, 2.05) is 31.9 Å². The fourth-order valence-corrected chi connectivity index (χ4v) is 1.21. The van der Waals surface area contributed by atoms with Crippen LogP contribution in [0.1, 0.15) is 12.6 Å². The third-order valence-electron chi connectivity index (χ3n) is 2.20. The highest BCUT2D eigenvalue weighted by Gasteiger charge is 2.11. The molecule has 0 saturated heterocycles. The number of hydrogen-bond acceptors (Lipinski definition) is 4. The van der Waals surface area contributed by atoms with Crippen molar-refractivity contribution in [3.05, 3.63) is 18.0 Å². The lowest BCUT2D eigenvalue weighted by atomic mass is 10.1. The Morgan fingerprint density at radius 1 is 1.67 bits per heavy atom. The molecular weight excluding hydrogens is 190 g/mol. The molecule has 0 bridgehead atoms. The van der Waals surface area contributed by atoms with Gasteiger partial charge in [-0.15, -0.1) is 0 Å². The Labute approximate surface area is 89.8 Å². The summed E-state index contributed by atoms with van der Waals surface area (Å²) in [5.41, 5.74) is 6.34. The molecule has 15 heavy (non-hydrogen) atoms. The molecule has 1 rings (SSSR count). The van der Waals surface area contributed by atoms with Gasteiger partial charge in [0, 0.05) is 31.4 Å². The Balaban J connectivity index is 2.68. The Morgan fingerprint density at radius 2 is 2.33 bits per heavy atom. The van der Waals surface area contributed by atoms with E-state index in [0.29, 0.717) is 12.5 Å². The average molecular weight is 207 g/mol. The van der Waals surface area contributed by atoms with Crippen LogP contribution in [0, 0.1) is 18.3 Å². The Morgan fingerprint density at radius 3 is 2.87 bits per heavy atom. The number of anilines is 1. The van der Waals surface area contributed by atoms with Gasteiger partial charge in [0.2, 0.25) is 5.95 Å². The molecule has 1 aromatic heterocycles. The van der Waals surface area contributed by atoms with Crippen LogP contribution in [0.5, 0.6) is 0 Å². The molecular formula is C10H17N5. The SMILES string of the molecule is Cc1ccnc(N(C)CC(C)C(=N)N)n1. The molecule has 0 saturated carbocycles. The normalized spacial score (nSPS) is 12.2. The lowest BCUT2D eigenvalue weighted by Gasteiger charge is -2.20. The molecule has 1 atom stereocenters. The van der Waals surface area contributed by atoms with E-state index in [1.165, 1.54) is 0 Å². The second-order valence-corrected chi connectivity index (χ2v) is 3.73. The van der Waals surface area contributed by atoms with Crippen LogP contribution >= 0.6 is 0 Å². The van der Waals surface area contributed by atoms with Gasteiger partial charge in [-0.2, -0.15) is 0 Å². The summed E-state index contributed by atoms with van der Waals surface area (Å²) in [4.78, 5) is 10.3. The summed E-state index contributed by atoms with van der Waals surface area (Å²) in [7, 11) is 1.90. The highest BCUT2D eigenvalue weighted by atomic mass is 15.2. The summed E-state index contributed by atoms with van der Waals surface area (Å²) in [6.07, 6.45) is 1.73. The number of hydrogen-bond donors (Lipinski definition) is 2. The highest BCUT2D eigenvalue weighted by Crippen LogP contribution is 2.07. The lowest BCUT2D eigenvalue weighted by molar-refractivity contribution is 0.713. The zero-order chi connectivity index (χ0) is 11.4. The second kappa shape index (κ2) is 4.72. The van der Waals surface area contributed by atoms with Gasteiger partial charge in [0.05, 0.1) is 5.84 Å². The summed E-state index contributed by atoms with van der Waals surface area (Å²) in [6.45, 7) is 4.49. The summed E-state index contributed by atoms with van der Waals surface area (Å²) in [5.74, 6) is 0.872. The molecule has 0 aliphatic rings. The molecule has 1 unspecified atom stereocenters. The minimum atomic E-state index is 0.0131. The maximum absolute atomic E-state index is 7.31.